The highest BCUT2D eigenvalue weighted by molar-refractivity contribution is 5.46. The fourth-order valence-corrected chi connectivity index (χ4v) is 2.25. The highest BCUT2D eigenvalue weighted by Gasteiger charge is 2.21. The van der Waals surface area contributed by atoms with E-state index >= 15 is 0 Å². The highest BCUT2D eigenvalue weighted by atomic mass is 19.1. The number of hydrogen-bond donors (Lipinski definition) is 1. The molecule has 0 bridgehead atoms. The first kappa shape index (κ1) is 15.3. The molecule has 2 aromatic carbocycles. The molecule has 2 rings (SSSR count). The van der Waals surface area contributed by atoms with Gasteiger partial charge in [0.05, 0.1) is 24.8 Å². The van der Waals surface area contributed by atoms with Crippen molar-refractivity contribution in [3.63, 3.8) is 0 Å². The van der Waals surface area contributed by atoms with Crippen LogP contribution in [0, 0.1) is 5.82 Å². The number of halogens is 1. The first-order valence-electron chi connectivity index (χ1n) is 6.88. The molecule has 3 nitrogen and oxygen atoms in total. The van der Waals surface area contributed by atoms with Crippen LogP contribution >= 0.6 is 0 Å². The number of benzene rings is 2. The molecule has 0 spiro atoms. The molecule has 1 atom stereocenters. The molecule has 21 heavy (non-hydrogen) atoms. The second-order valence-electron chi connectivity index (χ2n) is 5.04. The minimum Gasteiger partial charge on any atom is -0.496 e. The van der Waals surface area contributed by atoms with E-state index in [1.807, 2.05) is 38.1 Å². The number of hydrogen-bond acceptors (Lipinski definition) is 3. The summed E-state index contributed by atoms with van der Waals surface area (Å²) in [5, 5.41) is 0. The van der Waals surface area contributed by atoms with Gasteiger partial charge in [0.25, 0.3) is 0 Å². The van der Waals surface area contributed by atoms with Crippen LogP contribution in [0.2, 0.25) is 0 Å². The molecule has 0 amide bonds. The van der Waals surface area contributed by atoms with E-state index < -0.39 is 6.04 Å². The highest BCUT2D eigenvalue weighted by Crippen LogP contribution is 2.34. The third kappa shape index (κ3) is 3.34. The summed E-state index contributed by atoms with van der Waals surface area (Å²) in [6.45, 7) is 3.87. The molecule has 4 heteroatoms. The maximum absolute atomic E-state index is 14.2. The maximum Gasteiger partial charge on any atom is 0.132 e. The average molecular weight is 289 g/mol. The van der Waals surface area contributed by atoms with Gasteiger partial charge in [0.1, 0.15) is 17.3 Å². The van der Waals surface area contributed by atoms with E-state index in [4.69, 9.17) is 15.2 Å². The van der Waals surface area contributed by atoms with Crippen molar-refractivity contribution in [3.05, 3.63) is 59.4 Å². The zero-order valence-corrected chi connectivity index (χ0v) is 12.5. The molecule has 0 saturated heterocycles. The van der Waals surface area contributed by atoms with Gasteiger partial charge in [0.2, 0.25) is 0 Å². The number of nitrogens with two attached hydrogens (primary N) is 1. The normalized spacial score (nSPS) is 12.3. The van der Waals surface area contributed by atoms with Crippen LogP contribution < -0.4 is 15.2 Å². The van der Waals surface area contributed by atoms with Gasteiger partial charge in [-0.1, -0.05) is 24.3 Å². The molecular weight excluding hydrogens is 269 g/mol. The van der Waals surface area contributed by atoms with Gasteiger partial charge in [-0.25, -0.2) is 4.39 Å². The molecule has 112 valence electrons. The average Bonchev–Trinajstić information content (AvgIpc) is 2.46. The topological polar surface area (TPSA) is 44.5 Å². The van der Waals surface area contributed by atoms with E-state index in [0.717, 1.165) is 5.56 Å². The lowest BCUT2D eigenvalue weighted by Gasteiger charge is -2.21. The summed E-state index contributed by atoms with van der Waals surface area (Å²) in [6, 6.07) is 11.4. The van der Waals surface area contributed by atoms with Crippen LogP contribution in [0.3, 0.4) is 0 Å². The first-order valence-corrected chi connectivity index (χ1v) is 6.88. The van der Waals surface area contributed by atoms with Crippen LogP contribution in [0.15, 0.2) is 42.5 Å². The summed E-state index contributed by atoms with van der Waals surface area (Å²) >= 11 is 0. The Kier molecular flexibility index (Phi) is 4.81. The molecule has 0 fully saturated rings. The number of para-hydroxylation sites is 1. The molecule has 0 aromatic heterocycles. The summed E-state index contributed by atoms with van der Waals surface area (Å²) < 4.78 is 25.2. The Morgan fingerprint density at radius 3 is 2.33 bits per heavy atom. The smallest absolute Gasteiger partial charge is 0.132 e. The summed E-state index contributed by atoms with van der Waals surface area (Å²) in [7, 11) is 1.50. The quantitative estimate of drug-likeness (QED) is 0.913. The number of methoxy groups -OCH3 is 1. The molecule has 0 aliphatic heterocycles. The zero-order chi connectivity index (χ0) is 15.4. The predicted molar refractivity (Wildman–Crippen MR) is 81.2 cm³/mol. The molecule has 2 N–H and O–H groups in total. The van der Waals surface area contributed by atoms with Crippen LogP contribution in [-0.4, -0.2) is 13.2 Å². The minimum atomic E-state index is -0.656. The van der Waals surface area contributed by atoms with E-state index in [-0.39, 0.29) is 11.9 Å². The van der Waals surface area contributed by atoms with Crippen molar-refractivity contribution in [2.24, 2.45) is 5.73 Å². The predicted octanol–water partition coefficient (Wildman–Crippen LogP) is 3.67. The van der Waals surface area contributed by atoms with Gasteiger partial charge in [-0.2, -0.15) is 0 Å². The second-order valence-corrected chi connectivity index (χ2v) is 5.04. The van der Waals surface area contributed by atoms with Gasteiger partial charge in [-0.15, -0.1) is 0 Å². The van der Waals surface area contributed by atoms with Crippen molar-refractivity contribution in [1.82, 2.24) is 0 Å². The monoisotopic (exact) mass is 289 g/mol. The van der Waals surface area contributed by atoms with Crippen molar-refractivity contribution in [2.45, 2.75) is 26.0 Å². The fourth-order valence-electron chi connectivity index (χ4n) is 2.25. The lowest BCUT2D eigenvalue weighted by atomic mass is 9.97. The number of rotatable bonds is 5. The molecule has 0 aliphatic rings. The van der Waals surface area contributed by atoms with Crippen LogP contribution in [0.1, 0.15) is 31.0 Å². The van der Waals surface area contributed by atoms with E-state index in [2.05, 4.69) is 0 Å². The van der Waals surface area contributed by atoms with Gasteiger partial charge in [0.15, 0.2) is 0 Å². The van der Waals surface area contributed by atoms with Crippen molar-refractivity contribution >= 4 is 0 Å². The maximum atomic E-state index is 14.2. The van der Waals surface area contributed by atoms with E-state index in [9.17, 15) is 4.39 Å². The fraction of sp³-hybridized carbons (Fsp3) is 0.294. The Morgan fingerprint density at radius 1 is 1.00 bits per heavy atom. The van der Waals surface area contributed by atoms with Crippen LogP contribution in [0.4, 0.5) is 4.39 Å². The SMILES string of the molecule is COc1cccc(F)c1C(N)c1ccccc1OC(C)C. The summed E-state index contributed by atoms with van der Waals surface area (Å²) in [4.78, 5) is 0. The molecule has 0 heterocycles. The van der Waals surface area contributed by atoms with E-state index in [0.29, 0.717) is 17.1 Å². The lowest BCUT2D eigenvalue weighted by molar-refractivity contribution is 0.239. The van der Waals surface area contributed by atoms with Crippen molar-refractivity contribution in [2.75, 3.05) is 7.11 Å². The lowest BCUT2D eigenvalue weighted by Crippen LogP contribution is -2.17. The standard InChI is InChI=1S/C17H20FNO2/c1-11(2)21-14-9-5-4-7-12(14)17(19)16-13(18)8-6-10-15(16)20-3/h4-11,17H,19H2,1-3H3. The molecule has 2 aromatic rings. The van der Waals surface area contributed by atoms with Crippen LogP contribution in [0.25, 0.3) is 0 Å². The summed E-state index contributed by atoms with van der Waals surface area (Å²) in [5.41, 5.74) is 7.33. The van der Waals surface area contributed by atoms with E-state index in [1.165, 1.54) is 13.2 Å². The third-order valence-corrected chi connectivity index (χ3v) is 3.16. The van der Waals surface area contributed by atoms with Crippen LogP contribution in [0.5, 0.6) is 11.5 Å². The molecule has 0 radical (unpaired) electrons. The van der Waals surface area contributed by atoms with Gasteiger partial charge < -0.3 is 15.2 Å². The molecule has 1 unspecified atom stereocenters. The Balaban J connectivity index is 2.48. The second kappa shape index (κ2) is 6.59. The minimum absolute atomic E-state index is 0.0147. The van der Waals surface area contributed by atoms with Gasteiger partial charge in [-0.3, -0.25) is 0 Å². The summed E-state index contributed by atoms with van der Waals surface area (Å²) in [6.07, 6.45) is 0.0147. The molecule has 0 aliphatic carbocycles. The Bertz CT molecular complexity index is 613. The summed E-state index contributed by atoms with van der Waals surface area (Å²) in [5.74, 6) is 0.702. The van der Waals surface area contributed by atoms with Gasteiger partial charge in [0, 0.05) is 5.56 Å². The Hall–Kier alpha value is -2.07. The van der Waals surface area contributed by atoms with Crippen molar-refractivity contribution < 1.29 is 13.9 Å². The first-order chi connectivity index (χ1) is 10.0. The van der Waals surface area contributed by atoms with Crippen molar-refractivity contribution in [1.29, 1.82) is 0 Å². The number of ether oxygens (including phenoxy) is 2. The van der Waals surface area contributed by atoms with Crippen LogP contribution in [-0.2, 0) is 0 Å². The largest absolute Gasteiger partial charge is 0.496 e. The van der Waals surface area contributed by atoms with Crippen molar-refractivity contribution in [3.8, 4) is 11.5 Å². The van der Waals surface area contributed by atoms with Gasteiger partial charge in [-0.05, 0) is 32.0 Å². The Labute approximate surface area is 124 Å². The zero-order valence-electron chi connectivity index (χ0n) is 12.5. The van der Waals surface area contributed by atoms with Gasteiger partial charge >= 0.3 is 0 Å². The molecular formula is C17H20FNO2. The third-order valence-electron chi connectivity index (χ3n) is 3.16. The Morgan fingerprint density at radius 2 is 1.67 bits per heavy atom. The molecule has 0 saturated carbocycles. The van der Waals surface area contributed by atoms with E-state index in [1.54, 1.807) is 12.1 Å².